The molecule has 1 aliphatic rings. The van der Waals surface area contributed by atoms with Gasteiger partial charge in [0.05, 0.1) is 6.04 Å². The van der Waals surface area contributed by atoms with E-state index in [0.29, 0.717) is 12.8 Å². The Bertz CT molecular complexity index is 215. The molecule has 52 valence electrons. The van der Waals surface area contributed by atoms with Crippen molar-refractivity contribution in [2.75, 3.05) is 0 Å². The highest BCUT2D eigenvalue weighted by atomic mass is 16.1. The van der Waals surface area contributed by atoms with Crippen LogP contribution >= 0.6 is 0 Å². The zero-order chi connectivity index (χ0) is 7.40. The molecule has 4 heteroatoms. The van der Waals surface area contributed by atoms with Crippen molar-refractivity contribution < 1.29 is 4.79 Å². The molecule has 1 aliphatic carbocycles. The van der Waals surface area contributed by atoms with Crippen LogP contribution in [-0.4, -0.2) is 11.8 Å². The molecule has 1 unspecified atom stereocenters. The Kier molecular flexibility index (Phi) is 2.07. The smallest absolute Gasteiger partial charge is 0.155 e. The van der Waals surface area contributed by atoms with Crippen LogP contribution in [0.15, 0.2) is 17.3 Å². The van der Waals surface area contributed by atoms with E-state index in [2.05, 4.69) is 10.0 Å². The molecule has 0 heterocycles. The van der Waals surface area contributed by atoms with E-state index in [1.165, 1.54) is 6.08 Å². The summed E-state index contributed by atoms with van der Waals surface area (Å²) >= 11 is 0. The number of hydrogen-bond acceptors (Lipinski definition) is 2. The first-order valence-electron chi connectivity index (χ1n) is 3.08. The zero-order valence-corrected chi connectivity index (χ0v) is 5.40. The van der Waals surface area contributed by atoms with Crippen LogP contribution in [0.3, 0.4) is 0 Å². The Balaban J connectivity index is 2.60. The summed E-state index contributed by atoms with van der Waals surface area (Å²) in [6.07, 6.45) is 4.27. The lowest BCUT2D eigenvalue weighted by Crippen LogP contribution is -2.09. The standard InChI is InChI=1S/C6H7N3O/c7-9-8-5-1-3-6(10)4-2-5/h1,3,5H,2,4H2. The predicted octanol–water partition coefficient (Wildman–Crippen LogP) is 1.58. The van der Waals surface area contributed by atoms with Gasteiger partial charge in [0.15, 0.2) is 5.78 Å². The molecule has 0 radical (unpaired) electrons. The minimum absolute atomic E-state index is 0.109. The summed E-state index contributed by atoms with van der Waals surface area (Å²) in [5, 5.41) is 3.46. The van der Waals surface area contributed by atoms with Crippen molar-refractivity contribution in [2.45, 2.75) is 18.9 Å². The molecule has 0 bridgehead atoms. The Labute approximate surface area is 58.2 Å². The van der Waals surface area contributed by atoms with E-state index in [0.717, 1.165) is 0 Å². The van der Waals surface area contributed by atoms with Gasteiger partial charge >= 0.3 is 0 Å². The van der Waals surface area contributed by atoms with Crippen LogP contribution in [0.2, 0.25) is 0 Å². The number of carbonyl (C=O) groups is 1. The quantitative estimate of drug-likeness (QED) is 0.307. The molecule has 10 heavy (non-hydrogen) atoms. The van der Waals surface area contributed by atoms with Crippen molar-refractivity contribution >= 4 is 5.78 Å². The maximum atomic E-state index is 10.6. The fraction of sp³-hybridized carbons (Fsp3) is 0.500. The molecular weight excluding hydrogens is 130 g/mol. The van der Waals surface area contributed by atoms with Crippen molar-refractivity contribution in [2.24, 2.45) is 5.11 Å². The van der Waals surface area contributed by atoms with Gasteiger partial charge in [-0.3, -0.25) is 4.79 Å². The number of hydrogen-bond donors (Lipinski definition) is 0. The minimum atomic E-state index is -0.109. The molecule has 0 aromatic rings. The van der Waals surface area contributed by atoms with Crippen molar-refractivity contribution in [3.05, 3.63) is 22.6 Å². The summed E-state index contributed by atoms with van der Waals surface area (Å²) in [6.45, 7) is 0. The highest BCUT2D eigenvalue weighted by Gasteiger charge is 2.09. The summed E-state index contributed by atoms with van der Waals surface area (Å²) in [4.78, 5) is 13.2. The number of ketones is 1. The molecule has 0 aliphatic heterocycles. The molecule has 4 nitrogen and oxygen atoms in total. The average Bonchev–Trinajstić information content (AvgIpc) is 1.95. The maximum Gasteiger partial charge on any atom is 0.155 e. The zero-order valence-electron chi connectivity index (χ0n) is 5.40. The lowest BCUT2D eigenvalue weighted by molar-refractivity contribution is -0.115. The fourth-order valence-corrected chi connectivity index (χ4v) is 0.851. The largest absolute Gasteiger partial charge is 0.295 e. The van der Waals surface area contributed by atoms with E-state index >= 15 is 0 Å². The van der Waals surface area contributed by atoms with Gasteiger partial charge in [-0.25, -0.2) is 0 Å². The number of allylic oxidation sites excluding steroid dienone is 1. The van der Waals surface area contributed by atoms with E-state index in [4.69, 9.17) is 5.53 Å². The predicted molar refractivity (Wildman–Crippen MR) is 36.3 cm³/mol. The van der Waals surface area contributed by atoms with Crippen LogP contribution < -0.4 is 0 Å². The number of azide groups is 1. The van der Waals surface area contributed by atoms with Gasteiger partial charge in [-0.15, -0.1) is 0 Å². The number of nitrogens with zero attached hydrogens (tertiary/aromatic N) is 3. The Hall–Kier alpha value is -1.28. The van der Waals surface area contributed by atoms with Crippen molar-refractivity contribution in [3.8, 4) is 0 Å². The molecule has 0 aromatic heterocycles. The normalized spacial score (nSPS) is 24.0. The monoisotopic (exact) mass is 137 g/mol. The molecular formula is C6H7N3O. The van der Waals surface area contributed by atoms with Gasteiger partial charge in [0.2, 0.25) is 0 Å². The van der Waals surface area contributed by atoms with Crippen LogP contribution in [0.5, 0.6) is 0 Å². The molecule has 0 aromatic carbocycles. The van der Waals surface area contributed by atoms with Gasteiger partial charge in [0.25, 0.3) is 0 Å². The number of rotatable bonds is 1. The maximum absolute atomic E-state index is 10.6. The van der Waals surface area contributed by atoms with Crippen LogP contribution in [0.1, 0.15) is 12.8 Å². The summed E-state index contributed by atoms with van der Waals surface area (Å²) < 4.78 is 0. The van der Waals surface area contributed by atoms with Gasteiger partial charge in [-0.1, -0.05) is 11.2 Å². The highest BCUT2D eigenvalue weighted by molar-refractivity contribution is 5.90. The molecule has 1 rings (SSSR count). The first kappa shape index (κ1) is 6.83. The molecule has 0 fully saturated rings. The molecule has 0 saturated carbocycles. The van der Waals surface area contributed by atoms with E-state index < -0.39 is 0 Å². The third kappa shape index (κ3) is 1.60. The van der Waals surface area contributed by atoms with Crippen LogP contribution in [-0.2, 0) is 4.79 Å². The van der Waals surface area contributed by atoms with Crippen molar-refractivity contribution in [1.82, 2.24) is 0 Å². The molecule has 0 amide bonds. The minimum Gasteiger partial charge on any atom is -0.295 e. The van der Waals surface area contributed by atoms with Crippen molar-refractivity contribution in [1.29, 1.82) is 0 Å². The Morgan fingerprint density at radius 1 is 1.80 bits per heavy atom. The van der Waals surface area contributed by atoms with Gasteiger partial charge in [-0.2, -0.15) is 0 Å². The third-order valence-electron chi connectivity index (χ3n) is 1.39. The Morgan fingerprint density at radius 2 is 2.60 bits per heavy atom. The summed E-state index contributed by atoms with van der Waals surface area (Å²) in [6, 6.07) is -0.109. The van der Waals surface area contributed by atoms with Gasteiger partial charge in [0, 0.05) is 11.3 Å². The first-order valence-corrected chi connectivity index (χ1v) is 3.08. The molecule has 0 saturated heterocycles. The molecule has 0 N–H and O–H groups in total. The van der Waals surface area contributed by atoms with Crippen LogP contribution in [0.25, 0.3) is 10.4 Å². The lowest BCUT2D eigenvalue weighted by atomic mass is 10.0. The SMILES string of the molecule is [N-]=[N+]=NC1C=CC(=O)CC1. The van der Waals surface area contributed by atoms with Gasteiger partial charge < -0.3 is 0 Å². The van der Waals surface area contributed by atoms with E-state index in [9.17, 15) is 4.79 Å². The first-order chi connectivity index (χ1) is 4.83. The summed E-state index contributed by atoms with van der Waals surface area (Å²) in [5.41, 5.74) is 8.02. The highest BCUT2D eigenvalue weighted by Crippen LogP contribution is 2.10. The average molecular weight is 137 g/mol. The van der Waals surface area contributed by atoms with Crippen molar-refractivity contribution in [3.63, 3.8) is 0 Å². The van der Waals surface area contributed by atoms with E-state index in [1.54, 1.807) is 6.08 Å². The summed E-state index contributed by atoms with van der Waals surface area (Å²) in [7, 11) is 0. The van der Waals surface area contributed by atoms with Gasteiger partial charge in [0.1, 0.15) is 0 Å². The van der Waals surface area contributed by atoms with Crippen LogP contribution in [0.4, 0.5) is 0 Å². The topological polar surface area (TPSA) is 65.8 Å². The second-order valence-electron chi connectivity index (χ2n) is 2.14. The van der Waals surface area contributed by atoms with E-state index in [1.807, 2.05) is 0 Å². The lowest BCUT2D eigenvalue weighted by Gasteiger charge is -2.07. The molecule has 1 atom stereocenters. The molecule has 0 spiro atoms. The van der Waals surface area contributed by atoms with Crippen LogP contribution in [0, 0.1) is 0 Å². The van der Waals surface area contributed by atoms with Gasteiger partial charge in [-0.05, 0) is 18.0 Å². The summed E-state index contributed by atoms with van der Waals surface area (Å²) in [5.74, 6) is 0.115. The second-order valence-corrected chi connectivity index (χ2v) is 2.14. The fourth-order valence-electron chi connectivity index (χ4n) is 0.851. The third-order valence-corrected chi connectivity index (χ3v) is 1.39. The Morgan fingerprint density at radius 3 is 3.10 bits per heavy atom. The number of carbonyl (C=O) groups excluding carboxylic acids is 1. The van der Waals surface area contributed by atoms with E-state index in [-0.39, 0.29) is 11.8 Å². The second kappa shape index (κ2) is 3.03.